The highest BCUT2D eigenvalue weighted by atomic mass is 16.3. The van der Waals surface area contributed by atoms with Crippen LogP contribution >= 0.6 is 0 Å². The number of carbonyl (C=O) groups is 1. The van der Waals surface area contributed by atoms with Gasteiger partial charge >= 0.3 is 0 Å². The Balaban J connectivity index is 1.25. The number of amides is 1. The minimum absolute atomic E-state index is 0.0182. The van der Waals surface area contributed by atoms with Gasteiger partial charge in [-0.25, -0.2) is 0 Å². The van der Waals surface area contributed by atoms with Crippen LogP contribution < -0.4 is 5.32 Å². The van der Waals surface area contributed by atoms with E-state index in [0.29, 0.717) is 5.76 Å². The van der Waals surface area contributed by atoms with E-state index in [0.717, 1.165) is 29.1 Å². The van der Waals surface area contributed by atoms with Crippen LogP contribution in [0.1, 0.15) is 44.3 Å². The van der Waals surface area contributed by atoms with Crippen molar-refractivity contribution in [1.29, 1.82) is 0 Å². The molecule has 4 bridgehead atoms. The van der Waals surface area contributed by atoms with Crippen molar-refractivity contribution in [1.82, 2.24) is 5.32 Å². The molecule has 0 unspecified atom stereocenters. The molecule has 2 aromatic rings. The van der Waals surface area contributed by atoms with E-state index in [1.807, 2.05) is 42.5 Å². The number of hydrogen-bond acceptors (Lipinski definition) is 2. The lowest BCUT2D eigenvalue weighted by molar-refractivity contribution is -0.122. The predicted octanol–water partition coefficient (Wildman–Crippen LogP) is 5.04. The van der Waals surface area contributed by atoms with Crippen LogP contribution in [0.4, 0.5) is 0 Å². The van der Waals surface area contributed by atoms with Gasteiger partial charge in [0.25, 0.3) is 0 Å². The van der Waals surface area contributed by atoms with Crippen LogP contribution in [0.5, 0.6) is 0 Å². The average Bonchev–Trinajstić information content (AvgIpc) is 3.08. The van der Waals surface area contributed by atoms with E-state index < -0.39 is 0 Å². The van der Waals surface area contributed by atoms with Crippen molar-refractivity contribution in [2.24, 2.45) is 17.8 Å². The summed E-state index contributed by atoms with van der Waals surface area (Å²) in [5.74, 6) is 4.07. The van der Waals surface area contributed by atoms with Gasteiger partial charge in [0.1, 0.15) is 11.5 Å². The van der Waals surface area contributed by atoms with Crippen LogP contribution in [0.2, 0.25) is 0 Å². The Morgan fingerprint density at radius 3 is 2.27 bits per heavy atom. The molecule has 0 spiro atoms. The van der Waals surface area contributed by atoms with E-state index in [9.17, 15) is 4.79 Å². The minimum atomic E-state index is 0.0182. The molecule has 4 aliphatic carbocycles. The van der Waals surface area contributed by atoms with Crippen LogP contribution in [0.15, 0.2) is 53.0 Å². The zero-order chi connectivity index (χ0) is 17.6. The van der Waals surface area contributed by atoms with E-state index in [1.54, 1.807) is 12.2 Å². The maximum atomic E-state index is 12.5. The second-order valence-corrected chi connectivity index (χ2v) is 8.59. The molecular formula is C23H25NO2. The summed E-state index contributed by atoms with van der Waals surface area (Å²) in [6.07, 6.45) is 11.1. The molecular weight excluding hydrogens is 322 g/mol. The van der Waals surface area contributed by atoms with Gasteiger partial charge in [0.15, 0.2) is 0 Å². The van der Waals surface area contributed by atoms with Gasteiger partial charge in [-0.1, -0.05) is 30.3 Å². The summed E-state index contributed by atoms with van der Waals surface area (Å²) >= 11 is 0. The topological polar surface area (TPSA) is 42.2 Å². The van der Waals surface area contributed by atoms with Crippen molar-refractivity contribution in [3.8, 4) is 11.3 Å². The lowest BCUT2D eigenvalue weighted by Crippen LogP contribution is -2.59. The molecule has 0 saturated heterocycles. The van der Waals surface area contributed by atoms with Gasteiger partial charge in [0.05, 0.1) is 0 Å². The maximum absolute atomic E-state index is 12.5. The van der Waals surface area contributed by atoms with Crippen molar-refractivity contribution in [2.75, 3.05) is 0 Å². The summed E-state index contributed by atoms with van der Waals surface area (Å²) in [4.78, 5) is 12.5. The molecule has 26 heavy (non-hydrogen) atoms. The van der Waals surface area contributed by atoms with Crippen molar-refractivity contribution in [2.45, 2.75) is 44.1 Å². The molecule has 0 aliphatic heterocycles. The molecule has 0 atom stereocenters. The fraction of sp³-hybridized carbons (Fsp3) is 0.435. The van der Waals surface area contributed by atoms with E-state index in [-0.39, 0.29) is 11.4 Å². The number of rotatable bonds is 4. The standard InChI is InChI=1S/C23H25NO2/c25-22(24-23-13-16-10-17(14-23)12-18(11-16)15-23)9-7-20-6-8-21(26-20)19-4-2-1-3-5-19/h1-9,16-18H,10-15H2,(H,24,25)/b9-7+. The van der Waals surface area contributed by atoms with Gasteiger partial charge in [-0.05, 0) is 74.5 Å². The minimum Gasteiger partial charge on any atom is -0.457 e. The summed E-state index contributed by atoms with van der Waals surface area (Å²) in [6, 6.07) is 13.9. The van der Waals surface area contributed by atoms with Crippen LogP contribution in [0, 0.1) is 17.8 Å². The quantitative estimate of drug-likeness (QED) is 0.787. The Hall–Kier alpha value is -2.29. The molecule has 1 amide bonds. The summed E-state index contributed by atoms with van der Waals surface area (Å²) < 4.78 is 5.85. The Morgan fingerprint density at radius 2 is 1.62 bits per heavy atom. The van der Waals surface area contributed by atoms with Crippen LogP contribution in [-0.2, 0) is 4.79 Å². The fourth-order valence-electron chi connectivity index (χ4n) is 5.92. The van der Waals surface area contributed by atoms with Crippen molar-refractivity contribution in [3.05, 3.63) is 54.3 Å². The first-order valence-corrected chi connectivity index (χ1v) is 9.83. The van der Waals surface area contributed by atoms with Crippen molar-refractivity contribution in [3.63, 3.8) is 0 Å². The van der Waals surface area contributed by atoms with E-state index in [1.165, 1.54) is 38.5 Å². The van der Waals surface area contributed by atoms with E-state index >= 15 is 0 Å². The fourth-order valence-corrected chi connectivity index (χ4v) is 5.92. The first kappa shape index (κ1) is 15.9. The molecule has 1 heterocycles. The number of hydrogen-bond donors (Lipinski definition) is 1. The van der Waals surface area contributed by atoms with Crippen LogP contribution in [0.25, 0.3) is 17.4 Å². The molecule has 134 valence electrons. The number of nitrogens with one attached hydrogen (secondary N) is 1. The molecule has 1 aromatic carbocycles. The van der Waals surface area contributed by atoms with Gasteiger partial charge in [-0.3, -0.25) is 4.79 Å². The molecule has 4 saturated carbocycles. The predicted molar refractivity (Wildman–Crippen MR) is 102 cm³/mol. The Morgan fingerprint density at radius 1 is 0.962 bits per heavy atom. The third-order valence-corrected chi connectivity index (χ3v) is 6.51. The molecule has 4 fully saturated rings. The number of benzene rings is 1. The second kappa shape index (κ2) is 6.15. The first-order chi connectivity index (χ1) is 12.7. The second-order valence-electron chi connectivity index (χ2n) is 8.59. The SMILES string of the molecule is O=C(/C=C/c1ccc(-c2ccccc2)o1)NC12CC3CC(CC(C3)C1)C2. The molecule has 1 aromatic heterocycles. The Bertz CT molecular complexity index is 798. The molecule has 1 N–H and O–H groups in total. The van der Waals surface area contributed by atoms with Gasteiger partial charge in [-0.15, -0.1) is 0 Å². The van der Waals surface area contributed by atoms with Gasteiger partial charge in [0, 0.05) is 17.2 Å². The van der Waals surface area contributed by atoms with Gasteiger partial charge < -0.3 is 9.73 Å². The highest BCUT2D eigenvalue weighted by molar-refractivity contribution is 5.92. The summed E-state index contributed by atoms with van der Waals surface area (Å²) in [7, 11) is 0. The molecule has 3 nitrogen and oxygen atoms in total. The summed E-state index contributed by atoms with van der Waals surface area (Å²) in [5, 5.41) is 3.37. The highest BCUT2D eigenvalue weighted by Gasteiger charge is 2.51. The summed E-state index contributed by atoms with van der Waals surface area (Å²) in [6.45, 7) is 0. The van der Waals surface area contributed by atoms with E-state index in [4.69, 9.17) is 4.42 Å². The third-order valence-electron chi connectivity index (χ3n) is 6.51. The number of carbonyl (C=O) groups excluding carboxylic acids is 1. The Labute approximate surface area is 154 Å². The zero-order valence-corrected chi connectivity index (χ0v) is 15.0. The van der Waals surface area contributed by atoms with Gasteiger partial charge in [0.2, 0.25) is 5.91 Å². The Kier molecular flexibility index (Phi) is 3.77. The maximum Gasteiger partial charge on any atom is 0.244 e. The highest BCUT2D eigenvalue weighted by Crippen LogP contribution is 2.55. The van der Waals surface area contributed by atoms with Crippen LogP contribution in [-0.4, -0.2) is 11.4 Å². The molecule has 4 aliphatic rings. The normalized spacial score (nSPS) is 32.2. The monoisotopic (exact) mass is 347 g/mol. The molecule has 6 rings (SSSR count). The lowest BCUT2D eigenvalue weighted by atomic mass is 9.53. The molecule has 3 heteroatoms. The average molecular weight is 347 g/mol. The van der Waals surface area contributed by atoms with E-state index in [2.05, 4.69) is 5.32 Å². The summed E-state index contributed by atoms with van der Waals surface area (Å²) in [5.41, 5.74) is 1.11. The van der Waals surface area contributed by atoms with Crippen LogP contribution in [0.3, 0.4) is 0 Å². The number of furan rings is 1. The smallest absolute Gasteiger partial charge is 0.244 e. The van der Waals surface area contributed by atoms with Crippen molar-refractivity contribution >= 4 is 12.0 Å². The zero-order valence-electron chi connectivity index (χ0n) is 15.0. The largest absolute Gasteiger partial charge is 0.457 e. The lowest BCUT2D eigenvalue weighted by Gasteiger charge is -2.56. The molecule has 0 radical (unpaired) electrons. The van der Waals surface area contributed by atoms with Gasteiger partial charge in [-0.2, -0.15) is 0 Å². The third kappa shape index (κ3) is 3.00. The van der Waals surface area contributed by atoms with Crippen molar-refractivity contribution < 1.29 is 9.21 Å². The first-order valence-electron chi connectivity index (χ1n) is 9.83.